The molecule has 0 aliphatic carbocycles. The van der Waals surface area contributed by atoms with Crippen LogP contribution in [0.25, 0.3) is 22.3 Å². The van der Waals surface area contributed by atoms with Crippen LogP contribution in [0.15, 0.2) is 73.3 Å². The molecule has 0 saturated carbocycles. The normalized spacial score (nSPS) is 10.5. The van der Waals surface area contributed by atoms with Crippen molar-refractivity contribution in [1.82, 2.24) is 0 Å². The van der Waals surface area contributed by atoms with E-state index >= 15 is 0 Å². The molecule has 23 heavy (non-hydrogen) atoms. The van der Waals surface area contributed by atoms with E-state index in [1.165, 1.54) is 31.3 Å². The van der Waals surface area contributed by atoms with Crippen LogP contribution in [0.5, 0.6) is 0 Å². The van der Waals surface area contributed by atoms with Gasteiger partial charge in [-0.1, -0.05) is 0 Å². The Bertz CT molecular complexity index is 787. The molecule has 1 nitrogen and oxygen atoms in total. The topological polar surface area (TPSA) is 3.24 Å². The molecular weight excluding hydrogens is 345 g/mol. The van der Waals surface area contributed by atoms with Gasteiger partial charge >= 0.3 is 144 Å². The summed E-state index contributed by atoms with van der Waals surface area (Å²) in [5.74, 6) is 0. The van der Waals surface area contributed by atoms with Gasteiger partial charge in [0.25, 0.3) is 0 Å². The van der Waals surface area contributed by atoms with E-state index in [4.69, 9.17) is 0 Å². The molecule has 2 aromatic carbocycles. The van der Waals surface area contributed by atoms with Crippen molar-refractivity contribution in [1.29, 1.82) is 0 Å². The van der Waals surface area contributed by atoms with Crippen molar-refractivity contribution in [3.8, 4) is 22.3 Å². The molecule has 0 aliphatic rings. The first-order valence-corrected chi connectivity index (χ1v) is 9.50. The molecule has 0 N–H and O–H groups in total. The van der Waals surface area contributed by atoms with Gasteiger partial charge in [-0.15, -0.1) is 0 Å². The molecule has 0 bridgehead atoms. The molecule has 0 atom stereocenters. The zero-order valence-corrected chi connectivity index (χ0v) is 15.3. The molecular formula is C21H21NSe. The number of benzene rings is 2. The van der Waals surface area contributed by atoms with Crippen LogP contribution in [0, 0.1) is 6.92 Å². The van der Waals surface area contributed by atoms with E-state index in [1.54, 1.807) is 0 Å². The monoisotopic (exact) mass is 367 g/mol. The average Bonchev–Trinajstić information content (AvgIpc) is 2.94. The van der Waals surface area contributed by atoms with Gasteiger partial charge in [-0.3, -0.25) is 0 Å². The fourth-order valence-electron chi connectivity index (χ4n) is 2.90. The van der Waals surface area contributed by atoms with E-state index in [1.807, 2.05) is 6.08 Å². The van der Waals surface area contributed by atoms with E-state index in [9.17, 15) is 0 Å². The molecule has 0 fully saturated rings. The fourth-order valence-corrected chi connectivity index (χ4v) is 5.34. The van der Waals surface area contributed by atoms with Crippen molar-refractivity contribution in [2.75, 3.05) is 18.5 Å². The van der Waals surface area contributed by atoms with Crippen LogP contribution in [0.3, 0.4) is 0 Å². The van der Waals surface area contributed by atoms with Gasteiger partial charge < -0.3 is 0 Å². The molecule has 0 unspecified atom stereocenters. The Morgan fingerprint density at radius 2 is 1.43 bits per heavy atom. The van der Waals surface area contributed by atoms with Gasteiger partial charge in [-0.25, -0.2) is 0 Å². The van der Waals surface area contributed by atoms with Gasteiger partial charge in [0, 0.05) is 0 Å². The third kappa shape index (κ3) is 3.19. The second-order valence-corrected chi connectivity index (χ2v) is 8.14. The third-order valence-corrected chi connectivity index (χ3v) is 6.50. The van der Waals surface area contributed by atoms with Crippen LogP contribution in [0.1, 0.15) is 4.44 Å². The number of hydrogen-bond donors (Lipinski definition) is 0. The van der Waals surface area contributed by atoms with E-state index < -0.39 is 0 Å². The number of rotatable bonds is 5. The first kappa shape index (κ1) is 15.9. The molecule has 1 aromatic heterocycles. The molecule has 0 aliphatic heterocycles. The van der Waals surface area contributed by atoms with Crippen molar-refractivity contribution in [2.45, 2.75) is 6.92 Å². The van der Waals surface area contributed by atoms with Crippen LogP contribution < -0.4 is 4.90 Å². The minimum absolute atomic E-state index is 0.355. The van der Waals surface area contributed by atoms with Crippen molar-refractivity contribution < 1.29 is 0 Å². The van der Waals surface area contributed by atoms with Gasteiger partial charge in [0.05, 0.1) is 0 Å². The quantitative estimate of drug-likeness (QED) is 0.453. The van der Waals surface area contributed by atoms with Crippen molar-refractivity contribution in [3.63, 3.8) is 0 Å². The maximum atomic E-state index is 3.90. The second kappa shape index (κ2) is 7.04. The van der Waals surface area contributed by atoms with E-state index in [-0.39, 0.29) is 0 Å². The zero-order chi connectivity index (χ0) is 16.2. The number of nitrogens with zero attached hydrogens (tertiary/aromatic N) is 1. The summed E-state index contributed by atoms with van der Waals surface area (Å²) < 4.78 is 2.94. The van der Waals surface area contributed by atoms with Crippen molar-refractivity contribution >= 4 is 19.1 Å². The summed E-state index contributed by atoms with van der Waals surface area (Å²) in [6.07, 6.45) is 1.97. The van der Waals surface area contributed by atoms with Gasteiger partial charge in [0.15, 0.2) is 0 Å². The van der Waals surface area contributed by atoms with Crippen molar-refractivity contribution in [3.05, 3.63) is 77.8 Å². The Morgan fingerprint density at radius 1 is 0.913 bits per heavy atom. The van der Waals surface area contributed by atoms with Gasteiger partial charge in [0.2, 0.25) is 0 Å². The maximum absolute atomic E-state index is 3.90. The summed E-state index contributed by atoms with van der Waals surface area (Å²) >= 11 is 0.355. The Kier molecular flexibility index (Phi) is 4.85. The first-order valence-electron chi connectivity index (χ1n) is 7.78. The molecule has 116 valence electrons. The molecule has 3 rings (SSSR count). The summed E-state index contributed by atoms with van der Waals surface area (Å²) in [5, 5.41) is 0. The minimum atomic E-state index is 0.355. The van der Waals surface area contributed by atoms with E-state index in [0.717, 1.165) is 6.54 Å². The van der Waals surface area contributed by atoms with E-state index in [0.29, 0.717) is 14.5 Å². The van der Waals surface area contributed by atoms with Crippen LogP contribution in [0.4, 0.5) is 4.56 Å². The molecule has 3 aromatic rings. The van der Waals surface area contributed by atoms with Gasteiger partial charge in [-0.05, 0) is 0 Å². The summed E-state index contributed by atoms with van der Waals surface area (Å²) in [7, 11) is 2.17. The molecule has 2 heteroatoms. The average molecular weight is 366 g/mol. The standard InChI is InChI=1S/C21H21NSe/c1-4-15-22(3)21-20(18-13-9-6-10-14-18)19(16(2)23-21)17-11-7-5-8-12-17/h4-14H,1,15H2,2-3H3. The summed E-state index contributed by atoms with van der Waals surface area (Å²) in [4.78, 5) is 2.34. The Balaban J connectivity index is 2.25. The van der Waals surface area contributed by atoms with Crippen LogP contribution in [0.2, 0.25) is 0 Å². The summed E-state index contributed by atoms with van der Waals surface area (Å²) in [5.41, 5.74) is 5.41. The number of aryl methyl sites for hydroxylation is 1. The van der Waals surface area contributed by atoms with E-state index in [2.05, 4.69) is 86.1 Å². The predicted molar refractivity (Wildman–Crippen MR) is 102 cm³/mol. The summed E-state index contributed by atoms with van der Waals surface area (Å²) in [6, 6.07) is 21.5. The first-order chi connectivity index (χ1) is 11.2. The SMILES string of the molecule is C=CCN(C)c1[se]c(C)c(-c2ccccc2)c1-c1ccccc1. The van der Waals surface area contributed by atoms with Crippen LogP contribution >= 0.6 is 0 Å². The fraction of sp³-hybridized carbons (Fsp3) is 0.143. The zero-order valence-electron chi connectivity index (χ0n) is 13.6. The molecule has 0 saturated heterocycles. The molecule has 0 amide bonds. The second-order valence-electron chi connectivity index (χ2n) is 5.61. The predicted octanol–water partition coefficient (Wildman–Crippen LogP) is 5.01. The third-order valence-electron chi connectivity index (χ3n) is 3.94. The molecule has 1 heterocycles. The number of anilines is 1. The number of likely N-dealkylation sites (N-methyl/N-ethyl adjacent to an activating group) is 1. The van der Waals surface area contributed by atoms with Crippen LogP contribution in [-0.2, 0) is 0 Å². The molecule has 0 radical (unpaired) electrons. The Hall–Kier alpha value is -2.02. The van der Waals surface area contributed by atoms with Gasteiger partial charge in [-0.2, -0.15) is 0 Å². The van der Waals surface area contributed by atoms with Crippen LogP contribution in [-0.4, -0.2) is 28.1 Å². The Morgan fingerprint density at radius 3 is 1.96 bits per heavy atom. The summed E-state index contributed by atoms with van der Waals surface area (Å²) in [6.45, 7) is 7.05. The number of hydrogen-bond acceptors (Lipinski definition) is 1. The molecule has 0 spiro atoms. The Labute approximate surface area is 144 Å². The van der Waals surface area contributed by atoms with Crippen molar-refractivity contribution in [2.24, 2.45) is 0 Å². The van der Waals surface area contributed by atoms with Gasteiger partial charge in [0.1, 0.15) is 0 Å².